The Balaban J connectivity index is 3.05. The summed E-state index contributed by atoms with van der Waals surface area (Å²) < 4.78 is 24.7. The molecular weight excluding hydrogens is 168 g/mol. The van der Waals surface area contributed by atoms with E-state index in [1.165, 1.54) is 0 Å². The van der Waals surface area contributed by atoms with Gasteiger partial charge >= 0.3 is 0 Å². The lowest BCUT2D eigenvalue weighted by Crippen LogP contribution is -2.16. The van der Waals surface area contributed by atoms with Crippen LogP contribution in [0.5, 0.6) is 0 Å². The van der Waals surface area contributed by atoms with Crippen molar-refractivity contribution in [3.8, 4) is 0 Å². The SMILES string of the molecule is O=C(N[O-])c1ccc(F)c(F)c1. The highest BCUT2D eigenvalue weighted by Crippen LogP contribution is 2.07. The fourth-order valence-electron chi connectivity index (χ4n) is 0.696. The molecule has 1 amide bonds. The van der Waals surface area contributed by atoms with Crippen LogP contribution in [0.2, 0.25) is 0 Å². The maximum atomic E-state index is 12.4. The zero-order valence-corrected chi connectivity index (χ0v) is 5.80. The number of halogens is 2. The number of carbonyl (C=O) groups excluding carboxylic acids is 1. The van der Waals surface area contributed by atoms with Gasteiger partial charge in [0.1, 0.15) is 0 Å². The predicted octanol–water partition coefficient (Wildman–Crippen LogP) is 1.19. The number of rotatable bonds is 1. The van der Waals surface area contributed by atoms with E-state index < -0.39 is 17.5 Å². The molecule has 0 heterocycles. The summed E-state index contributed by atoms with van der Waals surface area (Å²) in [5.41, 5.74) is 0.845. The van der Waals surface area contributed by atoms with Crippen LogP contribution in [-0.2, 0) is 0 Å². The van der Waals surface area contributed by atoms with Crippen LogP contribution in [0, 0.1) is 16.8 Å². The number of hydroxylamine groups is 1. The monoisotopic (exact) mass is 172 g/mol. The molecule has 0 aromatic heterocycles. The molecule has 64 valence electrons. The summed E-state index contributed by atoms with van der Waals surface area (Å²) in [4.78, 5) is 10.6. The van der Waals surface area contributed by atoms with Gasteiger partial charge in [0.2, 0.25) is 5.91 Å². The largest absolute Gasteiger partial charge is 0.759 e. The smallest absolute Gasteiger partial charge is 0.240 e. The van der Waals surface area contributed by atoms with Crippen LogP contribution in [0.1, 0.15) is 10.4 Å². The maximum Gasteiger partial charge on any atom is 0.240 e. The Kier molecular flexibility index (Phi) is 2.35. The molecule has 0 bridgehead atoms. The van der Waals surface area contributed by atoms with Crippen molar-refractivity contribution in [2.24, 2.45) is 0 Å². The molecule has 12 heavy (non-hydrogen) atoms. The maximum absolute atomic E-state index is 12.4. The highest BCUT2D eigenvalue weighted by molar-refractivity contribution is 5.94. The number of amides is 1. The van der Waals surface area contributed by atoms with E-state index in [1.807, 2.05) is 0 Å². The van der Waals surface area contributed by atoms with Gasteiger partial charge in [-0.2, -0.15) is 0 Å². The highest BCUT2D eigenvalue weighted by atomic mass is 19.2. The summed E-state index contributed by atoms with van der Waals surface area (Å²) in [5, 5.41) is 9.81. The van der Waals surface area contributed by atoms with E-state index >= 15 is 0 Å². The van der Waals surface area contributed by atoms with E-state index in [0.29, 0.717) is 6.07 Å². The molecule has 0 aliphatic rings. The quantitative estimate of drug-likeness (QED) is 0.647. The first-order valence-corrected chi connectivity index (χ1v) is 3.02. The zero-order chi connectivity index (χ0) is 9.14. The molecule has 0 atom stereocenters. The van der Waals surface area contributed by atoms with Gasteiger partial charge in [-0.05, 0) is 18.2 Å². The van der Waals surface area contributed by atoms with Crippen LogP contribution in [-0.4, -0.2) is 5.91 Å². The Labute approximate surface area is 66.6 Å². The molecule has 1 rings (SSSR count). The minimum atomic E-state index is -1.16. The third-order valence-corrected chi connectivity index (χ3v) is 1.27. The van der Waals surface area contributed by atoms with Gasteiger partial charge in [-0.15, -0.1) is 0 Å². The molecule has 0 saturated heterocycles. The van der Waals surface area contributed by atoms with E-state index in [0.717, 1.165) is 17.6 Å². The van der Waals surface area contributed by atoms with Crippen molar-refractivity contribution in [2.45, 2.75) is 0 Å². The fourth-order valence-corrected chi connectivity index (χ4v) is 0.696. The first-order chi connectivity index (χ1) is 5.65. The van der Waals surface area contributed by atoms with Crippen molar-refractivity contribution >= 4 is 5.91 Å². The Hall–Kier alpha value is -1.49. The normalized spacial score (nSPS) is 9.58. The average Bonchev–Trinajstić information content (AvgIpc) is 2.08. The highest BCUT2D eigenvalue weighted by Gasteiger charge is 2.05. The molecule has 0 spiro atoms. The van der Waals surface area contributed by atoms with Gasteiger partial charge < -0.3 is 10.7 Å². The van der Waals surface area contributed by atoms with Gasteiger partial charge in [0, 0.05) is 5.56 Å². The van der Waals surface area contributed by atoms with Crippen molar-refractivity contribution < 1.29 is 13.6 Å². The van der Waals surface area contributed by atoms with Crippen LogP contribution < -0.4 is 5.48 Å². The van der Waals surface area contributed by atoms with E-state index in [9.17, 15) is 18.8 Å². The number of hydrogen-bond donors (Lipinski definition) is 1. The Bertz CT molecular complexity index is 314. The Morgan fingerprint density at radius 1 is 1.33 bits per heavy atom. The number of carbonyl (C=O) groups is 1. The second-order valence-corrected chi connectivity index (χ2v) is 2.06. The van der Waals surface area contributed by atoms with Crippen molar-refractivity contribution in [1.29, 1.82) is 0 Å². The molecule has 0 aliphatic carbocycles. The molecular formula is C7H4F2NO2-. The molecule has 0 aliphatic heterocycles. The minimum absolute atomic E-state index is 0.205. The summed E-state index contributed by atoms with van der Waals surface area (Å²) in [5.74, 6) is -3.21. The zero-order valence-electron chi connectivity index (χ0n) is 5.80. The standard InChI is InChI=1S/C7H4F2NO2/c8-5-2-1-4(3-6(5)9)7(11)10-12/h1-3H,(H-,10,11,12)/q-1. The second-order valence-electron chi connectivity index (χ2n) is 2.06. The third kappa shape index (κ3) is 1.57. The summed E-state index contributed by atoms with van der Waals surface area (Å²) >= 11 is 0. The molecule has 0 saturated carbocycles. The van der Waals surface area contributed by atoms with Crippen molar-refractivity contribution in [3.63, 3.8) is 0 Å². The number of benzene rings is 1. The van der Waals surface area contributed by atoms with Gasteiger partial charge in [-0.25, -0.2) is 8.78 Å². The lowest BCUT2D eigenvalue weighted by atomic mass is 10.2. The van der Waals surface area contributed by atoms with E-state index in [2.05, 4.69) is 0 Å². The fraction of sp³-hybridized carbons (Fsp3) is 0. The van der Waals surface area contributed by atoms with E-state index in [1.54, 1.807) is 0 Å². The summed E-state index contributed by atoms with van der Waals surface area (Å²) in [6.45, 7) is 0. The molecule has 0 radical (unpaired) electrons. The van der Waals surface area contributed by atoms with Gasteiger partial charge in [-0.1, -0.05) is 0 Å². The van der Waals surface area contributed by atoms with Gasteiger partial charge in [-0.3, -0.25) is 4.79 Å². The third-order valence-electron chi connectivity index (χ3n) is 1.27. The molecule has 0 fully saturated rings. The number of nitrogens with one attached hydrogen (secondary N) is 1. The lowest BCUT2D eigenvalue weighted by Gasteiger charge is -2.06. The lowest BCUT2D eigenvalue weighted by molar-refractivity contribution is 0.0969. The predicted molar refractivity (Wildman–Crippen MR) is 37.2 cm³/mol. The molecule has 1 aromatic carbocycles. The Morgan fingerprint density at radius 2 is 2.00 bits per heavy atom. The Morgan fingerprint density at radius 3 is 2.50 bits per heavy atom. The first-order valence-electron chi connectivity index (χ1n) is 3.02. The van der Waals surface area contributed by atoms with Gasteiger partial charge in [0.05, 0.1) is 0 Å². The molecule has 1 N–H and O–H groups in total. The van der Waals surface area contributed by atoms with Crippen LogP contribution in [0.4, 0.5) is 8.78 Å². The first kappa shape index (κ1) is 8.61. The van der Waals surface area contributed by atoms with Crippen LogP contribution >= 0.6 is 0 Å². The summed E-state index contributed by atoms with van der Waals surface area (Å²) in [7, 11) is 0. The van der Waals surface area contributed by atoms with Crippen molar-refractivity contribution in [3.05, 3.63) is 40.6 Å². The van der Waals surface area contributed by atoms with Crippen LogP contribution in [0.15, 0.2) is 18.2 Å². The van der Waals surface area contributed by atoms with Crippen LogP contribution in [0.25, 0.3) is 0 Å². The van der Waals surface area contributed by atoms with Crippen molar-refractivity contribution in [1.82, 2.24) is 5.48 Å². The molecule has 1 aromatic rings. The average molecular weight is 172 g/mol. The van der Waals surface area contributed by atoms with E-state index in [4.69, 9.17) is 0 Å². The minimum Gasteiger partial charge on any atom is -0.759 e. The van der Waals surface area contributed by atoms with Gasteiger partial charge in [0.15, 0.2) is 11.6 Å². The number of hydrogen-bond acceptors (Lipinski definition) is 2. The summed E-state index contributed by atoms with van der Waals surface area (Å²) in [6, 6.07) is 2.45. The molecule has 3 nitrogen and oxygen atoms in total. The molecule has 0 unspecified atom stereocenters. The van der Waals surface area contributed by atoms with Crippen LogP contribution in [0.3, 0.4) is 0 Å². The van der Waals surface area contributed by atoms with E-state index in [-0.39, 0.29) is 5.56 Å². The summed E-state index contributed by atoms with van der Waals surface area (Å²) in [6.07, 6.45) is 0. The second kappa shape index (κ2) is 3.27. The van der Waals surface area contributed by atoms with Gasteiger partial charge in [0.25, 0.3) is 0 Å². The molecule has 5 heteroatoms. The van der Waals surface area contributed by atoms with Crippen molar-refractivity contribution in [2.75, 3.05) is 0 Å². The topological polar surface area (TPSA) is 52.2 Å².